The van der Waals surface area contributed by atoms with Crippen molar-refractivity contribution in [3.05, 3.63) is 63.0 Å². The minimum Gasteiger partial charge on any atom is -0.377 e. The second-order valence-electron chi connectivity index (χ2n) is 6.85. The highest BCUT2D eigenvalue weighted by Crippen LogP contribution is 2.32. The molecule has 0 saturated heterocycles. The van der Waals surface area contributed by atoms with E-state index in [4.69, 9.17) is 0 Å². The zero-order valence-electron chi connectivity index (χ0n) is 14.5. The topological polar surface area (TPSA) is 96.3 Å². The van der Waals surface area contributed by atoms with Crippen molar-refractivity contribution in [2.24, 2.45) is 0 Å². The second-order valence-corrected chi connectivity index (χ2v) is 6.85. The summed E-state index contributed by atoms with van der Waals surface area (Å²) in [5, 5.41) is 20.1. The van der Waals surface area contributed by atoms with Crippen LogP contribution in [0.3, 0.4) is 0 Å². The molecular weight excluding hydrogens is 351 g/mol. The number of hydrogen-bond acceptors (Lipinski definition) is 5. The number of hydrogen-bond donors (Lipinski definition) is 3. The maximum Gasteiger partial charge on any atom is 0.293 e. The van der Waals surface area contributed by atoms with Crippen molar-refractivity contribution in [3.8, 4) is 0 Å². The molecule has 140 valence electrons. The number of fused-ring (bicyclic) bond motifs is 1. The van der Waals surface area contributed by atoms with E-state index >= 15 is 0 Å². The third kappa shape index (κ3) is 3.61. The molecule has 4 rings (SSSR count). The van der Waals surface area contributed by atoms with Gasteiger partial charge in [-0.2, -0.15) is 0 Å². The molecule has 0 aromatic heterocycles. The molecule has 0 spiro atoms. The monoisotopic (exact) mass is 370 g/mol. The van der Waals surface area contributed by atoms with E-state index in [0.29, 0.717) is 30.8 Å². The molecule has 8 heteroatoms. The number of carbonyl (C=O) groups is 1. The van der Waals surface area contributed by atoms with Crippen LogP contribution in [0.25, 0.3) is 0 Å². The Balaban J connectivity index is 1.58. The first-order valence-electron chi connectivity index (χ1n) is 8.90. The van der Waals surface area contributed by atoms with Gasteiger partial charge in [0.25, 0.3) is 11.6 Å². The molecule has 2 aromatic carbocycles. The summed E-state index contributed by atoms with van der Waals surface area (Å²) in [5.41, 5.74) is 1.91. The Hall–Kier alpha value is -3.00. The number of nitro benzene ring substituents is 1. The number of nitrogens with zero attached hydrogens (tertiary/aromatic N) is 1. The molecule has 3 N–H and O–H groups in total. The molecule has 1 saturated carbocycles. The highest BCUT2D eigenvalue weighted by atomic mass is 19.1. The molecule has 1 heterocycles. The van der Waals surface area contributed by atoms with Crippen LogP contribution in [0.15, 0.2) is 30.3 Å². The maximum absolute atomic E-state index is 14.7. The summed E-state index contributed by atoms with van der Waals surface area (Å²) in [6.07, 6.45) is 2.51. The van der Waals surface area contributed by atoms with Crippen molar-refractivity contribution < 1.29 is 14.1 Å². The average Bonchev–Trinajstić information content (AvgIpc) is 3.48. The summed E-state index contributed by atoms with van der Waals surface area (Å²) in [4.78, 5) is 23.3. The van der Waals surface area contributed by atoms with Crippen LogP contribution in [0.4, 0.5) is 21.5 Å². The smallest absolute Gasteiger partial charge is 0.293 e. The van der Waals surface area contributed by atoms with Gasteiger partial charge in [0.05, 0.1) is 10.6 Å². The summed E-state index contributed by atoms with van der Waals surface area (Å²) in [5.74, 6) is -1.02. The van der Waals surface area contributed by atoms with Crippen LogP contribution in [-0.4, -0.2) is 23.4 Å². The number of benzene rings is 2. The molecule has 0 unspecified atom stereocenters. The molecule has 2 aromatic rings. The highest BCUT2D eigenvalue weighted by molar-refractivity contribution is 6.05. The Morgan fingerprint density at radius 3 is 2.74 bits per heavy atom. The Kier molecular flexibility index (Phi) is 4.49. The molecular formula is C19H19FN4O3. The molecule has 1 aliphatic heterocycles. The van der Waals surface area contributed by atoms with Gasteiger partial charge in [0.1, 0.15) is 11.5 Å². The highest BCUT2D eigenvalue weighted by Gasteiger charge is 2.26. The number of halogens is 1. The minimum absolute atomic E-state index is 0.0866. The Labute approximate surface area is 155 Å². The fraction of sp³-hybridized carbons (Fsp3) is 0.316. The zero-order valence-corrected chi connectivity index (χ0v) is 14.5. The third-order valence-electron chi connectivity index (χ3n) is 4.85. The number of rotatable bonds is 5. The summed E-state index contributed by atoms with van der Waals surface area (Å²) in [6.45, 7) is 1.28. The zero-order chi connectivity index (χ0) is 19.0. The van der Waals surface area contributed by atoms with Gasteiger partial charge in [-0.05, 0) is 55.1 Å². The Morgan fingerprint density at radius 1 is 1.22 bits per heavy atom. The summed E-state index contributed by atoms with van der Waals surface area (Å²) in [7, 11) is 0. The molecule has 0 atom stereocenters. The molecule has 1 fully saturated rings. The SMILES string of the molecule is O=C(Nc1ccc2c(c1F)CCNC2)c1ccc(NC2CC2)c([N+](=O)[O-])c1. The number of amides is 1. The lowest BCUT2D eigenvalue weighted by Crippen LogP contribution is -2.25. The fourth-order valence-corrected chi connectivity index (χ4v) is 3.22. The predicted molar refractivity (Wildman–Crippen MR) is 99.5 cm³/mol. The van der Waals surface area contributed by atoms with Crippen molar-refractivity contribution in [1.82, 2.24) is 5.32 Å². The van der Waals surface area contributed by atoms with E-state index in [2.05, 4.69) is 16.0 Å². The van der Waals surface area contributed by atoms with Crippen molar-refractivity contribution in [1.29, 1.82) is 0 Å². The first-order valence-corrected chi connectivity index (χ1v) is 8.90. The summed E-state index contributed by atoms with van der Waals surface area (Å²) < 4.78 is 14.7. The number of anilines is 2. The first-order chi connectivity index (χ1) is 13.0. The molecule has 0 bridgehead atoms. The van der Waals surface area contributed by atoms with E-state index in [9.17, 15) is 19.3 Å². The van der Waals surface area contributed by atoms with Crippen LogP contribution < -0.4 is 16.0 Å². The Bertz CT molecular complexity index is 927. The van der Waals surface area contributed by atoms with Gasteiger partial charge in [-0.3, -0.25) is 14.9 Å². The predicted octanol–water partition coefficient (Wildman–Crippen LogP) is 3.21. The molecule has 0 radical (unpaired) electrons. The van der Waals surface area contributed by atoms with Gasteiger partial charge in [-0.15, -0.1) is 0 Å². The van der Waals surface area contributed by atoms with Gasteiger partial charge < -0.3 is 16.0 Å². The lowest BCUT2D eigenvalue weighted by atomic mass is 9.99. The normalized spacial score (nSPS) is 15.7. The van der Waals surface area contributed by atoms with Crippen molar-refractivity contribution in [2.75, 3.05) is 17.2 Å². The summed E-state index contributed by atoms with van der Waals surface area (Å²) in [6, 6.07) is 7.82. The Morgan fingerprint density at radius 2 is 2.00 bits per heavy atom. The number of nitrogens with one attached hydrogen (secondary N) is 3. The lowest BCUT2D eigenvalue weighted by Gasteiger charge is -2.19. The molecule has 7 nitrogen and oxygen atoms in total. The van der Waals surface area contributed by atoms with E-state index in [-0.39, 0.29) is 23.0 Å². The average molecular weight is 370 g/mol. The molecule has 27 heavy (non-hydrogen) atoms. The maximum atomic E-state index is 14.7. The number of nitro groups is 1. The standard InChI is InChI=1S/C19H19FN4O3/c20-18-14-7-8-21-10-12(14)2-6-16(18)23-19(25)11-1-5-15(22-13-3-4-13)17(9-11)24(26)27/h1-2,5-6,9,13,21-22H,3-4,7-8,10H2,(H,23,25). The van der Waals surface area contributed by atoms with Crippen molar-refractivity contribution in [2.45, 2.75) is 31.8 Å². The number of carbonyl (C=O) groups excluding carboxylic acids is 1. The lowest BCUT2D eigenvalue weighted by molar-refractivity contribution is -0.384. The van der Waals surface area contributed by atoms with E-state index in [1.807, 2.05) is 0 Å². The van der Waals surface area contributed by atoms with Crippen LogP contribution in [0.5, 0.6) is 0 Å². The van der Waals surface area contributed by atoms with E-state index in [0.717, 1.165) is 18.4 Å². The van der Waals surface area contributed by atoms with E-state index in [1.54, 1.807) is 6.07 Å². The van der Waals surface area contributed by atoms with E-state index < -0.39 is 16.6 Å². The van der Waals surface area contributed by atoms with Crippen LogP contribution >= 0.6 is 0 Å². The quantitative estimate of drug-likeness (QED) is 0.555. The van der Waals surface area contributed by atoms with Crippen LogP contribution in [-0.2, 0) is 13.0 Å². The van der Waals surface area contributed by atoms with Gasteiger partial charge in [0.2, 0.25) is 0 Å². The molecule has 2 aliphatic rings. The van der Waals surface area contributed by atoms with Gasteiger partial charge in [-0.25, -0.2) is 4.39 Å². The van der Waals surface area contributed by atoms with Gasteiger partial charge in [0, 0.05) is 24.2 Å². The minimum atomic E-state index is -0.580. The summed E-state index contributed by atoms with van der Waals surface area (Å²) >= 11 is 0. The first kappa shape index (κ1) is 17.4. The van der Waals surface area contributed by atoms with Gasteiger partial charge in [-0.1, -0.05) is 6.07 Å². The molecule has 1 aliphatic carbocycles. The van der Waals surface area contributed by atoms with Crippen molar-refractivity contribution in [3.63, 3.8) is 0 Å². The third-order valence-corrected chi connectivity index (χ3v) is 4.85. The largest absolute Gasteiger partial charge is 0.377 e. The van der Waals surface area contributed by atoms with Crippen LogP contribution in [0.2, 0.25) is 0 Å². The van der Waals surface area contributed by atoms with Gasteiger partial charge >= 0.3 is 0 Å². The van der Waals surface area contributed by atoms with Crippen molar-refractivity contribution >= 4 is 23.0 Å². The van der Waals surface area contributed by atoms with E-state index in [1.165, 1.54) is 24.3 Å². The molecule has 1 amide bonds. The second kappa shape index (κ2) is 6.96. The fourth-order valence-electron chi connectivity index (χ4n) is 3.22. The van der Waals surface area contributed by atoms with Gasteiger partial charge in [0.15, 0.2) is 0 Å². The van der Waals surface area contributed by atoms with Crippen LogP contribution in [0.1, 0.15) is 34.3 Å². The van der Waals surface area contributed by atoms with Crippen LogP contribution in [0, 0.1) is 15.9 Å².